The van der Waals surface area contributed by atoms with E-state index in [4.69, 9.17) is 0 Å². The van der Waals surface area contributed by atoms with Gasteiger partial charge in [-0.25, -0.2) is 14.8 Å². The lowest BCUT2D eigenvalue weighted by molar-refractivity contribution is 0.0594. The molecule has 3 rings (SSSR count). The number of hydrogen-bond acceptors (Lipinski definition) is 5. The molecule has 1 N–H and O–H groups in total. The number of pyridine rings is 1. The molecule has 21 heavy (non-hydrogen) atoms. The highest BCUT2D eigenvalue weighted by Crippen LogP contribution is 2.15. The predicted molar refractivity (Wildman–Crippen MR) is 76.9 cm³/mol. The van der Waals surface area contributed by atoms with Gasteiger partial charge in [-0.1, -0.05) is 30.3 Å². The van der Waals surface area contributed by atoms with Gasteiger partial charge in [-0.2, -0.15) is 0 Å². The molecule has 0 aliphatic rings. The predicted octanol–water partition coefficient (Wildman–Crippen LogP) is 1.77. The lowest BCUT2D eigenvalue weighted by atomic mass is 10.1. The monoisotopic (exact) mass is 281 g/mol. The quantitative estimate of drug-likeness (QED) is 0.724. The summed E-state index contributed by atoms with van der Waals surface area (Å²) in [6.45, 7) is 0. The van der Waals surface area contributed by atoms with Gasteiger partial charge in [0.2, 0.25) is 0 Å². The average molecular weight is 281 g/mol. The van der Waals surface area contributed by atoms with Crippen LogP contribution in [0.5, 0.6) is 0 Å². The number of aromatic amines is 1. The van der Waals surface area contributed by atoms with Gasteiger partial charge >= 0.3 is 5.97 Å². The Morgan fingerprint density at radius 2 is 2.00 bits per heavy atom. The number of benzene rings is 1. The summed E-state index contributed by atoms with van der Waals surface area (Å²) in [5.41, 5.74) is 1.77. The summed E-state index contributed by atoms with van der Waals surface area (Å²) < 4.78 is 4.59. The van der Waals surface area contributed by atoms with Gasteiger partial charge in [0.25, 0.3) is 5.56 Å². The van der Waals surface area contributed by atoms with Gasteiger partial charge in [0, 0.05) is 5.56 Å². The van der Waals surface area contributed by atoms with E-state index >= 15 is 0 Å². The number of hydrogen-bond donors (Lipinski definition) is 1. The van der Waals surface area contributed by atoms with E-state index in [1.165, 1.54) is 19.4 Å². The van der Waals surface area contributed by atoms with E-state index in [1.807, 2.05) is 18.2 Å². The maximum absolute atomic E-state index is 12.1. The third-order valence-electron chi connectivity index (χ3n) is 3.02. The summed E-state index contributed by atoms with van der Waals surface area (Å²) in [5, 5.41) is 0. The van der Waals surface area contributed by atoms with Crippen molar-refractivity contribution in [2.75, 3.05) is 7.11 Å². The van der Waals surface area contributed by atoms with Crippen LogP contribution >= 0.6 is 0 Å². The van der Waals surface area contributed by atoms with E-state index in [2.05, 4.69) is 19.7 Å². The third-order valence-corrected chi connectivity index (χ3v) is 3.02. The third kappa shape index (κ3) is 2.38. The van der Waals surface area contributed by atoms with Crippen LogP contribution in [-0.4, -0.2) is 28.0 Å². The van der Waals surface area contributed by atoms with Gasteiger partial charge in [-0.05, 0) is 6.07 Å². The molecule has 1 aromatic carbocycles. The molecule has 0 saturated carbocycles. The second-order valence-electron chi connectivity index (χ2n) is 4.36. The van der Waals surface area contributed by atoms with Crippen LogP contribution in [-0.2, 0) is 4.74 Å². The number of rotatable bonds is 2. The van der Waals surface area contributed by atoms with Gasteiger partial charge < -0.3 is 9.72 Å². The largest absolute Gasteiger partial charge is 0.464 e. The Labute approximate surface area is 119 Å². The van der Waals surface area contributed by atoms with Crippen molar-refractivity contribution in [3.8, 4) is 11.3 Å². The van der Waals surface area contributed by atoms with Crippen molar-refractivity contribution in [2.24, 2.45) is 0 Å². The van der Waals surface area contributed by atoms with Crippen molar-refractivity contribution in [1.82, 2.24) is 15.0 Å². The lowest BCUT2D eigenvalue weighted by Crippen LogP contribution is -2.12. The topological polar surface area (TPSA) is 84.9 Å². The van der Waals surface area contributed by atoms with Gasteiger partial charge in [0.05, 0.1) is 18.8 Å². The fourth-order valence-electron chi connectivity index (χ4n) is 2.00. The van der Waals surface area contributed by atoms with E-state index in [0.717, 1.165) is 5.56 Å². The molecular formula is C15H11N3O3. The minimum absolute atomic E-state index is 0.120. The number of H-pyrrole nitrogens is 1. The Morgan fingerprint density at radius 3 is 2.71 bits per heavy atom. The molecule has 0 fully saturated rings. The van der Waals surface area contributed by atoms with Gasteiger partial charge in [-0.15, -0.1) is 0 Å². The second-order valence-corrected chi connectivity index (χ2v) is 4.36. The highest BCUT2D eigenvalue weighted by molar-refractivity contribution is 5.91. The Morgan fingerprint density at radius 1 is 1.24 bits per heavy atom. The first kappa shape index (κ1) is 13.0. The zero-order chi connectivity index (χ0) is 14.8. The molecule has 0 aliphatic heterocycles. The normalized spacial score (nSPS) is 10.5. The van der Waals surface area contributed by atoms with Crippen LogP contribution in [0.25, 0.3) is 22.3 Å². The molecule has 6 nitrogen and oxygen atoms in total. The first-order valence-electron chi connectivity index (χ1n) is 6.23. The Balaban J connectivity index is 2.18. The fourth-order valence-corrected chi connectivity index (χ4v) is 2.00. The van der Waals surface area contributed by atoms with Crippen LogP contribution < -0.4 is 5.56 Å². The number of fused-ring (bicyclic) bond motifs is 1. The molecule has 0 radical (unpaired) electrons. The molecular weight excluding hydrogens is 270 g/mol. The van der Waals surface area contributed by atoms with Crippen LogP contribution in [0.1, 0.15) is 10.5 Å². The van der Waals surface area contributed by atoms with Crippen LogP contribution in [0, 0.1) is 0 Å². The van der Waals surface area contributed by atoms with Crippen molar-refractivity contribution in [1.29, 1.82) is 0 Å². The molecule has 104 valence electrons. The highest BCUT2D eigenvalue weighted by atomic mass is 16.5. The summed E-state index contributed by atoms with van der Waals surface area (Å²) >= 11 is 0. The van der Waals surface area contributed by atoms with Gasteiger partial charge in [0.1, 0.15) is 11.2 Å². The number of nitrogens with one attached hydrogen (secondary N) is 1. The average Bonchev–Trinajstić information content (AvgIpc) is 2.53. The molecule has 6 heteroatoms. The second kappa shape index (κ2) is 5.16. The zero-order valence-electron chi connectivity index (χ0n) is 11.2. The molecule has 2 heterocycles. The molecule has 0 aliphatic carbocycles. The lowest BCUT2D eigenvalue weighted by Gasteiger charge is -2.04. The van der Waals surface area contributed by atoms with Gasteiger partial charge in [0.15, 0.2) is 5.69 Å². The number of carbonyl (C=O) groups excluding carboxylic acids is 1. The number of ether oxygens (including phenoxy) is 1. The van der Waals surface area contributed by atoms with Gasteiger partial charge in [-0.3, -0.25) is 4.79 Å². The molecule has 3 aromatic rings. The molecule has 0 bridgehead atoms. The zero-order valence-corrected chi connectivity index (χ0v) is 11.2. The Bertz CT molecular complexity index is 872. The van der Waals surface area contributed by atoms with Crippen LogP contribution in [0.3, 0.4) is 0 Å². The van der Waals surface area contributed by atoms with Crippen molar-refractivity contribution in [2.45, 2.75) is 0 Å². The molecule has 0 spiro atoms. The molecule has 0 unspecified atom stereocenters. The summed E-state index contributed by atoms with van der Waals surface area (Å²) in [5.74, 6) is -0.565. The van der Waals surface area contributed by atoms with Crippen LogP contribution in [0.4, 0.5) is 0 Å². The summed E-state index contributed by atoms with van der Waals surface area (Å²) in [6.07, 6.45) is 1.43. The SMILES string of the molecule is COC(=O)c1cc2[nH]c(=O)c(-c3ccccc3)nc2cn1. The summed E-state index contributed by atoms with van der Waals surface area (Å²) in [4.78, 5) is 34.6. The van der Waals surface area contributed by atoms with E-state index < -0.39 is 5.97 Å². The standard InChI is InChI=1S/C15H11N3O3/c1-21-15(20)11-7-10-12(8-16-11)17-13(14(19)18-10)9-5-3-2-4-6-9/h2-8H,1H3,(H,18,19). The first-order chi connectivity index (χ1) is 10.2. The van der Waals surface area contributed by atoms with E-state index in [9.17, 15) is 9.59 Å². The molecule has 0 saturated heterocycles. The molecule has 0 amide bonds. The van der Waals surface area contributed by atoms with Crippen molar-refractivity contribution < 1.29 is 9.53 Å². The van der Waals surface area contributed by atoms with E-state index in [-0.39, 0.29) is 11.3 Å². The van der Waals surface area contributed by atoms with E-state index in [0.29, 0.717) is 16.7 Å². The van der Waals surface area contributed by atoms with Crippen LogP contribution in [0.2, 0.25) is 0 Å². The minimum Gasteiger partial charge on any atom is -0.464 e. The number of esters is 1. The van der Waals surface area contributed by atoms with Crippen LogP contribution in [0.15, 0.2) is 47.4 Å². The fraction of sp³-hybridized carbons (Fsp3) is 0.0667. The highest BCUT2D eigenvalue weighted by Gasteiger charge is 2.11. The van der Waals surface area contributed by atoms with Crippen molar-refractivity contribution in [3.05, 3.63) is 58.6 Å². The smallest absolute Gasteiger partial charge is 0.356 e. The first-order valence-corrected chi connectivity index (χ1v) is 6.23. The Kier molecular flexibility index (Phi) is 3.19. The number of methoxy groups -OCH3 is 1. The minimum atomic E-state index is -0.565. The maximum atomic E-state index is 12.1. The summed E-state index contributed by atoms with van der Waals surface area (Å²) in [7, 11) is 1.27. The van der Waals surface area contributed by atoms with E-state index in [1.54, 1.807) is 12.1 Å². The van der Waals surface area contributed by atoms with Crippen molar-refractivity contribution in [3.63, 3.8) is 0 Å². The number of carbonyl (C=O) groups is 1. The Hall–Kier alpha value is -3.02. The maximum Gasteiger partial charge on any atom is 0.356 e. The number of aromatic nitrogens is 3. The van der Waals surface area contributed by atoms with Crippen molar-refractivity contribution >= 4 is 17.0 Å². The molecule has 2 aromatic heterocycles. The summed E-state index contributed by atoms with van der Waals surface area (Å²) in [6, 6.07) is 10.6. The number of nitrogens with zero attached hydrogens (tertiary/aromatic N) is 2. The molecule has 0 atom stereocenters.